The number of carbonyl (C=O) groups is 15. The van der Waals surface area contributed by atoms with Crippen LogP contribution in [0.4, 0.5) is 0 Å². The van der Waals surface area contributed by atoms with E-state index in [1.807, 2.05) is 30.3 Å². The number of hydrogen-bond donors (Lipinski definition) is 14. The second-order valence-electron chi connectivity index (χ2n) is 22.7. The van der Waals surface area contributed by atoms with Gasteiger partial charge in [-0.25, -0.2) is 0 Å². The lowest BCUT2D eigenvalue weighted by molar-refractivity contribution is -0.146. The van der Waals surface area contributed by atoms with Crippen molar-refractivity contribution in [3.8, 4) is 5.75 Å². The number of amides is 12. The van der Waals surface area contributed by atoms with Crippen molar-refractivity contribution < 1.29 is 97.1 Å². The molecular weight excluding hydrogens is 1200 g/mol. The van der Waals surface area contributed by atoms with Gasteiger partial charge in [0.2, 0.25) is 70.9 Å². The number of benzene rings is 1. The zero-order valence-electron chi connectivity index (χ0n) is 51.6. The molecule has 504 valence electrons. The van der Waals surface area contributed by atoms with E-state index in [0.717, 1.165) is 56.1 Å². The van der Waals surface area contributed by atoms with E-state index >= 15 is 0 Å². The molecule has 0 bridgehead atoms. The average Bonchev–Trinajstić information content (AvgIpc) is 1.92. The highest BCUT2D eigenvalue weighted by molar-refractivity contribution is 6.00. The van der Waals surface area contributed by atoms with Gasteiger partial charge < -0.3 is 88.1 Å². The van der Waals surface area contributed by atoms with Crippen LogP contribution in [0.3, 0.4) is 0 Å². The Balaban J connectivity index is 1.60. The molecule has 1 aromatic rings. The molecule has 0 spiro atoms. The highest BCUT2D eigenvalue weighted by Crippen LogP contribution is 2.23. The van der Waals surface area contributed by atoms with Crippen molar-refractivity contribution in [3.05, 3.63) is 30.3 Å². The van der Waals surface area contributed by atoms with Crippen LogP contribution in [-0.2, 0) is 71.9 Å². The van der Waals surface area contributed by atoms with Gasteiger partial charge in [0, 0.05) is 26.1 Å². The Hall–Kier alpha value is -8.97. The highest BCUT2D eigenvalue weighted by Gasteiger charge is 2.43. The lowest BCUT2D eigenvalue weighted by Gasteiger charge is -2.37. The predicted molar refractivity (Wildman–Crippen MR) is 319 cm³/mol. The third-order valence-corrected chi connectivity index (χ3v) is 15.6. The Morgan fingerprint density at radius 3 is 1.64 bits per heavy atom. The molecular formula is C59H88N12O20. The summed E-state index contributed by atoms with van der Waals surface area (Å²) in [6.07, 6.45) is 3.12. The number of carboxylic acid groups (broad SMARTS) is 3. The van der Waals surface area contributed by atoms with Gasteiger partial charge in [-0.2, -0.15) is 0 Å². The van der Waals surface area contributed by atoms with Gasteiger partial charge in [-0.15, -0.1) is 0 Å². The summed E-state index contributed by atoms with van der Waals surface area (Å²) in [5, 5.41) is 62.6. The van der Waals surface area contributed by atoms with Gasteiger partial charge in [-0.05, 0) is 69.9 Å². The largest absolute Gasteiger partial charge is 0.494 e. The number of hydrogen-bond acceptors (Lipinski definition) is 17. The predicted octanol–water partition coefficient (Wildman–Crippen LogP) is -2.81. The number of para-hydroxylation sites is 1. The monoisotopic (exact) mass is 1280 g/mol. The third-order valence-electron chi connectivity index (χ3n) is 15.6. The van der Waals surface area contributed by atoms with Gasteiger partial charge in [0.05, 0.1) is 51.6 Å². The summed E-state index contributed by atoms with van der Waals surface area (Å²) in [6, 6.07) is -3.63. The molecule has 0 aliphatic carbocycles. The number of piperidine rings is 1. The van der Waals surface area contributed by atoms with Crippen LogP contribution in [-0.4, -0.2) is 219 Å². The second-order valence-corrected chi connectivity index (χ2v) is 22.7. The molecule has 32 nitrogen and oxygen atoms in total. The lowest BCUT2D eigenvalue weighted by Crippen LogP contribution is -2.63. The van der Waals surface area contributed by atoms with E-state index in [0.29, 0.717) is 32.3 Å². The molecule has 3 fully saturated rings. The summed E-state index contributed by atoms with van der Waals surface area (Å²) in [7, 11) is 0. The van der Waals surface area contributed by atoms with Crippen LogP contribution in [0.15, 0.2) is 30.3 Å². The van der Waals surface area contributed by atoms with Gasteiger partial charge >= 0.3 is 17.9 Å². The quantitative estimate of drug-likeness (QED) is 0.0465. The Morgan fingerprint density at radius 1 is 0.582 bits per heavy atom. The van der Waals surface area contributed by atoms with E-state index in [1.54, 1.807) is 13.8 Å². The maximum atomic E-state index is 14.8. The van der Waals surface area contributed by atoms with Crippen molar-refractivity contribution >= 4 is 88.8 Å². The standard InChI is InChI=1S/C59H88N12O20/c1-4-34(2)50-59(90)71-25-18-22-42(71)55(86)60-30-40(67-54(85)39(29-49(81)82)64-43(73)23-14-9-7-5-6-8-10-17-26-91-36-19-12-11-13-20-36)58(89)70-24-16-15-21-41(70)56(87)63-32-45(75)66-37(27-47(77)78)52(83)61-31-44(74)65-38(28-48(79)80)53(84)62-33-46(76)68-51(35(3)72)57(88)69-50/h11-13,19-20,34-35,37-42,50-51,72H,4-10,14-18,21-33H2,1-3H3,(H,60,86)(H,61,83)(H,62,84)(H,63,87)(H,64,73)(H,65,74)(H,66,75)(H,67,85)(H,68,76)(H,69,88)(H,77,78)(H,79,80)(H,81,82)/t34-,35+,37-,38-,39-,40-,41-,42-,50-,51-/m0/s1. The van der Waals surface area contributed by atoms with E-state index in [9.17, 15) is 92.3 Å². The second kappa shape index (κ2) is 38.5. The molecule has 3 heterocycles. The minimum atomic E-state index is -1.90. The summed E-state index contributed by atoms with van der Waals surface area (Å²) in [4.78, 5) is 203. The van der Waals surface area contributed by atoms with Crippen molar-refractivity contribution in [2.45, 2.75) is 191 Å². The molecule has 0 aromatic heterocycles. The zero-order valence-corrected chi connectivity index (χ0v) is 51.6. The number of unbranched alkanes of at least 4 members (excludes halogenated alkanes) is 7. The number of carbonyl (C=O) groups excluding carboxylic acids is 12. The first-order chi connectivity index (χ1) is 43.3. The highest BCUT2D eigenvalue weighted by atomic mass is 16.5. The summed E-state index contributed by atoms with van der Waals surface area (Å²) in [5.74, 6) is -16.9. The number of ether oxygens (including phenoxy) is 1. The van der Waals surface area contributed by atoms with Crippen LogP contribution >= 0.6 is 0 Å². The number of rotatable bonds is 24. The van der Waals surface area contributed by atoms with Crippen LogP contribution in [0.5, 0.6) is 5.75 Å². The molecule has 12 amide bonds. The summed E-state index contributed by atoms with van der Waals surface area (Å²) in [6.45, 7) is 1.27. The molecule has 3 aliphatic heterocycles. The number of aliphatic hydroxyl groups excluding tert-OH is 1. The molecule has 3 saturated heterocycles. The lowest BCUT2D eigenvalue weighted by atomic mass is 9.96. The molecule has 32 heteroatoms. The van der Waals surface area contributed by atoms with Crippen molar-refractivity contribution in [3.63, 3.8) is 0 Å². The number of nitrogens with one attached hydrogen (secondary N) is 10. The van der Waals surface area contributed by atoms with Crippen molar-refractivity contribution in [2.75, 3.05) is 45.9 Å². The molecule has 0 saturated carbocycles. The molecule has 10 atom stereocenters. The summed E-state index contributed by atoms with van der Waals surface area (Å²) >= 11 is 0. The van der Waals surface area contributed by atoms with E-state index in [2.05, 4.69) is 53.2 Å². The van der Waals surface area contributed by atoms with Crippen LogP contribution < -0.4 is 57.9 Å². The number of fused-ring (bicyclic) bond motifs is 2. The number of nitrogens with zero attached hydrogens (tertiary/aromatic N) is 2. The van der Waals surface area contributed by atoms with Crippen LogP contribution in [0.25, 0.3) is 0 Å². The fraction of sp³-hybridized carbons (Fsp3) is 0.644. The number of aliphatic carboxylic acids is 3. The number of aliphatic hydroxyl groups is 1. The van der Waals surface area contributed by atoms with Gasteiger partial charge in [0.25, 0.3) is 0 Å². The SMILES string of the molecule is CC[C@H](C)[C@@H]1NC(=O)[C@H]([C@@H](C)O)NC(=O)CNC(=O)[C@H](CC(=O)O)NC(=O)CNC(=O)[C@H](CC(=O)O)NC(=O)CNC(=O)[C@@H]2CCCCN2C(=O)[C@@H](NC(=O)[C@H](CC(=O)O)NC(=O)CCCCCCCCCCOc2ccccc2)CNC(=O)[C@@H]2CCCN2C1=O. The molecule has 0 radical (unpaired) electrons. The zero-order chi connectivity index (χ0) is 67.2. The molecule has 3 aliphatic rings. The van der Waals surface area contributed by atoms with Crippen LogP contribution in [0.1, 0.15) is 136 Å². The van der Waals surface area contributed by atoms with E-state index in [-0.39, 0.29) is 45.2 Å². The topological polar surface area (TPSA) is 473 Å². The van der Waals surface area contributed by atoms with Gasteiger partial charge in [0.15, 0.2) is 0 Å². The minimum absolute atomic E-state index is 0.0172. The Morgan fingerprint density at radius 2 is 1.09 bits per heavy atom. The Bertz CT molecular complexity index is 2740. The fourth-order valence-corrected chi connectivity index (χ4v) is 10.4. The van der Waals surface area contributed by atoms with Crippen molar-refractivity contribution in [1.29, 1.82) is 0 Å². The minimum Gasteiger partial charge on any atom is -0.494 e. The number of carboxylic acids is 3. The first kappa shape index (κ1) is 74.5. The molecule has 1 aromatic carbocycles. The van der Waals surface area contributed by atoms with Gasteiger partial charge in [-0.1, -0.05) is 77.0 Å². The van der Waals surface area contributed by atoms with Crippen LogP contribution in [0, 0.1) is 5.92 Å². The Kier molecular flexibility index (Phi) is 31.6. The van der Waals surface area contributed by atoms with E-state index in [1.165, 1.54) is 4.90 Å². The smallest absolute Gasteiger partial charge is 0.305 e. The van der Waals surface area contributed by atoms with Gasteiger partial charge in [-0.3, -0.25) is 71.9 Å². The van der Waals surface area contributed by atoms with Gasteiger partial charge in [0.1, 0.15) is 54.1 Å². The van der Waals surface area contributed by atoms with Crippen molar-refractivity contribution in [2.24, 2.45) is 5.92 Å². The maximum Gasteiger partial charge on any atom is 0.305 e. The molecule has 14 N–H and O–H groups in total. The van der Waals surface area contributed by atoms with E-state index in [4.69, 9.17) is 4.74 Å². The van der Waals surface area contributed by atoms with Crippen LogP contribution in [0.2, 0.25) is 0 Å². The maximum absolute atomic E-state index is 14.8. The molecule has 91 heavy (non-hydrogen) atoms. The average molecular weight is 1290 g/mol. The van der Waals surface area contributed by atoms with E-state index < -0.39 is 195 Å². The normalized spacial score (nSPS) is 23.4. The van der Waals surface area contributed by atoms with Crippen molar-refractivity contribution in [1.82, 2.24) is 63.0 Å². The summed E-state index contributed by atoms with van der Waals surface area (Å²) < 4.78 is 5.74. The first-order valence-corrected chi connectivity index (χ1v) is 30.8. The summed E-state index contributed by atoms with van der Waals surface area (Å²) in [5.41, 5.74) is 0. The Labute approximate surface area is 525 Å². The fourth-order valence-electron chi connectivity index (χ4n) is 10.4. The third kappa shape index (κ3) is 25.8. The molecule has 4 rings (SSSR count). The molecule has 0 unspecified atom stereocenters. The first-order valence-electron chi connectivity index (χ1n) is 30.8.